The Labute approximate surface area is 119 Å². The van der Waals surface area contributed by atoms with Crippen LogP contribution in [0.4, 0.5) is 11.4 Å². The summed E-state index contributed by atoms with van der Waals surface area (Å²) in [5.74, 6) is 0. The van der Waals surface area contributed by atoms with Crippen LogP contribution in [-0.2, 0) is 4.74 Å². The standard InChI is InChI=1S/C16H21N3O/c17-14-6-3-5-13-15(8-10-19-16(13)14)18-9-7-12-4-1-2-11-20-12/h3,5-6,8,10,12H,1-2,4,7,9,11,17H2,(H,18,19). The van der Waals surface area contributed by atoms with E-state index in [0.717, 1.165) is 41.9 Å². The predicted octanol–water partition coefficient (Wildman–Crippen LogP) is 3.19. The number of nitrogens with two attached hydrogens (primary N) is 1. The number of benzene rings is 1. The Hall–Kier alpha value is -1.81. The normalized spacial score (nSPS) is 19.1. The molecule has 1 aliphatic rings. The maximum absolute atomic E-state index is 5.96. The first-order valence-corrected chi connectivity index (χ1v) is 7.33. The maximum atomic E-state index is 5.96. The van der Waals surface area contributed by atoms with Crippen LogP contribution in [-0.4, -0.2) is 24.2 Å². The largest absolute Gasteiger partial charge is 0.397 e. The molecule has 1 aliphatic heterocycles. The second-order valence-electron chi connectivity index (χ2n) is 5.31. The van der Waals surface area contributed by atoms with E-state index in [1.165, 1.54) is 19.3 Å². The summed E-state index contributed by atoms with van der Waals surface area (Å²) in [6.45, 7) is 1.83. The van der Waals surface area contributed by atoms with Crippen molar-refractivity contribution >= 4 is 22.3 Å². The zero-order valence-electron chi connectivity index (χ0n) is 11.6. The lowest BCUT2D eigenvalue weighted by Crippen LogP contribution is -2.22. The number of rotatable bonds is 4. The number of nitrogen functional groups attached to an aromatic ring is 1. The predicted molar refractivity (Wildman–Crippen MR) is 82.9 cm³/mol. The molecule has 1 aromatic carbocycles. The average molecular weight is 271 g/mol. The van der Waals surface area contributed by atoms with Gasteiger partial charge in [0.1, 0.15) is 0 Å². The van der Waals surface area contributed by atoms with Gasteiger partial charge in [-0.2, -0.15) is 0 Å². The number of fused-ring (bicyclic) bond motifs is 1. The lowest BCUT2D eigenvalue weighted by Gasteiger charge is -2.22. The Morgan fingerprint density at radius 2 is 2.25 bits per heavy atom. The third-order valence-electron chi connectivity index (χ3n) is 3.86. The van der Waals surface area contributed by atoms with Crippen LogP contribution in [0, 0.1) is 0 Å². The van der Waals surface area contributed by atoms with Crippen LogP contribution < -0.4 is 11.1 Å². The van der Waals surface area contributed by atoms with Crippen molar-refractivity contribution < 1.29 is 4.74 Å². The number of nitrogens with zero attached hydrogens (tertiary/aromatic N) is 1. The van der Waals surface area contributed by atoms with Crippen molar-refractivity contribution in [3.63, 3.8) is 0 Å². The van der Waals surface area contributed by atoms with Gasteiger partial charge in [-0.3, -0.25) is 4.98 Å². The van der Waals surface area contributed by atoms with E-state index < -0.39 is 0 Å². The van der Waals surface area contributed by atoms with Gasteiger partial charge in [0.2, 0.25) is 0 Å². The van der Waals surface area contributed by atoms with E-state index in [4.69, 9.17) is 10.5 Å². The number of anilines is 2. The summed E-state index contributed by atoms with van der Waals surface area (Å²) in [4.78, 5) is 4.35. The van der Waals surface area contributed by atoms with Gasteiger partial charge >= 0.3 is 0 Å². The number of hydrogen-bond donors (Lipinski definition) is 2. The number of hydrogen-bond acceptors (Lipinski definition) is 4. The van der Waals surface area contributed by atoms with Crippen LogP contribution in [0.5, 0.6) is 0 Å². The second-order valence-corrected chi connectivity index (χ2v) is 5.31. The lowest BCUT2D eigenvalue weighted by atomic mass is 10.1. The van der Waals surface area contributed by atoms with Crippen LogP contribution in [0.15, 0.2) is 30.5 Å². The molecule has 4 heteroatoms. The zero-order chi connectivity index (χ0) is 13.8. The van der Waals surface area contributed by atoms with Crippen molar-refractivity contribution in [2.24, 2.45) is 0 Å². The molecule has 0 radical (unpaired) electrons. The molecule has 3 rings (SSSR count). The smallest absolute Gasteiger partial charge is 0.0951 e. The monoisotopic (exact) mass is 271 g/mol. The summed E-state index contributed by atoms with van der Waals surface area (Å²) >= 11 is 0. The average Bonchev–Trinajstić information content (AvgIpc) is 2.49. The molecular weight excluding hydrogens is 250 g/mol. The Kier molecular flexibility index (Phi) is 4.02. The highest BCUT2D eigenvalue weighted by molar-refractivity contribution is 5.97. The number of nitrogens with one attached hydrogen (secondary N) is 1. The molecule has 0 aliphatic carbocycles. The summed E-state index contributed by atoms with van der Waals surface area (Å²) in [5, 5.41) is 4.57. The molecule has 1 unspecified atom stereocenters. The van der Waals surface area contributed by atoms with Crippen LogP contribution in [0.3, 0.4) is 0 Å². The maximum Gasteiger partial charge on any atom is 0.0951 e. The fourth-order valence-corrected chi connectivity index (χ4v) is 2.76. The third-order valence-corrected chi connectivity index (χ3v) is 3.86. The molecule has 3 N–H and O–H groups in total. The molecule has 1 fully saturated rings. The van der Waals surface area contributed by atoms with Crippen LogP contribution in [0.25, 0.3) is 10.9 Å². The fraction of sp³-hybridized carbons (Fsp3) is 0.438. The Morgan fingerprint density at radius 1 is 1.30 bits per heavy atom. The topological polar surface area (TPSA) is 60.2 Å². The van der Waals surface area contributed by atoms with Gasteiger partial charge in [-0.25, -0.2) is 0 Å². The van der Waals surface area contributed by atoms with Crippen molar-refractivity contribution in [1.29, 1.82) is 0 Å². The van der Waals surface area contributed by atoms with E-state index in [1.54, 1.807) is 6.20 Å². The van der Waals surface area contributed by atoms with Crippen molar-refractivity contribution in [2.75, 3.05) is 24.2 Å². The second kappa shape index (κ2) is 6.09. The van der Waals surface area contributed by atoms with E-state index in [1.807, 2.05) is 18.2 Å². The van der Waals surface area contributed by atoms with E-state index in [9.17, 15) is 0 Å². The molecule has 0 saturated carbocycles. The number of pyridine rings is 1. The molecule has 2 aromatic rings. The molecule has 20 heavy (non-hydrogen) atoms. The molecule has 1 atom stereocenters. The molecule has 1 aromatic heterocycles. The van der Waals surface area contributed by atoms with Gasteiger partial charge in [0.25, 0.3) is 0 Å². The number of aromatic nitrogens is 1. The van der Waals surface area contributed by atoms with Gasteiger partial charge in [0.15, 0.2) is 0 Å². The first-order valence-electron chi connectivity index (χ1n) is 7.33. The molecule has 0 spiro atoms. The molecule has 1 saturated heterocycles. The van der Waals surface area contributed by atoms with E-state index in [0.29, 0.717) is 6.10 Å². The quantitative estimate of drug-likeness (QED) is 0.838. The van der Waals surface area contributed by atoms with Gasteiger partial charge < -0.3 is 15.8 Å². The van der Waals surface area contributed by atoms with Gasteiger partial charge in [0.05, 0.1) is 17.3 Å². The summed E-state index contributed by atoms with van der Waals surface area (Å²) < 4.78 is 5.75. The molecule has 4 nitrogen and oxygen atoms in total. The van der Waals surface area contributed by atoms with E-state index >= 15 is 0 Å². The van der Waals surface area contributed by atoms with Crippen molar-refractivity contribution in [3.8, 4) is 0 Å². The molecule has 0 bridgehead atoms. The van der Waals surface area contributed by atoms with Gasteiger partial charge in [-0.1, -0.05) is 12.1 Å². The van der Waals surface area contributed by atoms with Crippen molar-refractivity contribution in [1.82, 2.24) is 4.98 Å². The number of para-hydroxylation sites is 1. The summed E-state index contributed by atoms with van der Waals surface area (Å²) in [5.41, 5.74) is 8.65. The summed E-state index contributed by atoms with van der Waals surface area (Å²) in [7, 11) is 0. The minimum Gasteiger partial charge on any atom is -0.397 e. The minimum absolute atomic E-state index is 0.412. The number of ether oxygens (including phenoxy) is 1. The highest BCUT2D eigenvalue weighted by atomic mass is 16.5. The Balaban J connectivity index is 1.66. The lowest BCUT2D eigenvalue weighted by molar-refractivity contribution is 0.0134. The molecular formula is C16H21N3O. The Morgan fingerprint density at radius 3 is 3.10 bits per heavy atom. The van der Waals surface area contributed by atoms with Crippen LogP contribution >= 0.6 is 0 Å². The van der Waals surface area contributed by atoms with Crippen LogP contribution in [0.2, 0.25) is 0 Å². The van der Waals surface area contributed by atoms with Crippen molar-refractivity contribution in [3.05, 3.63) is 30.5 Å². The SMILES string of the molecule is Nc1cccc2c(NCCC3CCCCO3)ccnc12. The highest BCUT2D eigenvalue weighted by Crippen LogP contribution is 2.25. The van der Waals surface area contributed by atoms with Gasteiger partial charge in [0, 0.05) is 30.4 Å². The van der Waals surface area contributed by atoms with Crippen molar-refractivity contribution in [2.45, 2.75) is 31.8 Å². The summed E-state index contributed by atoms with van der Waals surface area (Å²) in [6.07, 6.45) is 6.95. The molecule has 2 heterocycles. The fourth-order valence-electron chi connectivity index (χ4n) is 2.76. The zero-order valence-corrected chi connectivity index (χ0v) is 11.6. The van der Waals surface area contributed by atoms with E-state index in [2.05, 4.69) is 16.4 Å². The molecule has 0 amide bonds. The molecule has 106 valence electrons. The van der Waals surface area contributed by atoms with Gasteiger partial charge in [-0.05, 0) is 37.8 Å². The van der Waals surface area contributed by atoms with E-state index in [-0.39, 0.29) is 0 Å². The third kappa shape index (κ3) is 2.85. The first kappa shape index (κ1) is 13.2. The summed E-state index contributed by atoms with van der Waals surface area (Å²) in [6, 6.07) is 7.91. The Bertz CT molecular complexity index is 579. The van der Waals surface area contributed by atoms with Crippen LogP contribution in [0.1, 0.15) is 25.7 Å². The first-order chi connectivity index (χ1) is 9.84. The highest BCUT2D eigenvalue weighted by Gasteiger charge is 2.13. The van der Waals surface area contributed by atoms with Gasteiger partial charge in [-0.15, -0.1) is 0 Å². The minimum atomic E-state index is 0.412.